The number of aromatic nitrogens is 1. The van der Waals surface area contributed by atoms with Crippen molar-refractivity contribution in [2.24, 2.45) is 0 Å². The Labute approximate surface area is 154 Å². The minimum Gasteiger partial charge on any atom is -0.326 e. The largest absolute Gasteiger partial charge is 0.326 e. The molecule has 2 N–H and O–H groups in total. The van der Waals surface area contributed by atoms with Gasteiger partial charge < -0.3 is 5.32 Å². The highest BCUT2D eigenvalue weighted by atomic mass is 32.2. The van der Waals surface area contributed by atoms with Gasteiger partial charge in [-0.3, -0.25) is 14.9 Å². The summed E-state index contributed by atoms with van der Waals surface area (Å²) in [4.78, 5) is 27.9. The third-order valence-electron chi connectivity index (χ3n) is 3.45. The molecule has 0 fully saturated rings. The Bertz CT molecular complexity index is 1120. The Morgan fingerprint density at radius 1 is 1.08 bits per heavy atom. The van der Waals surface area contributed by atoms with E-state index in [1.807, 2.05) is 0 Å². The van der Waals surface area contributed by atoms with Gasteiger partial charge in [0.05, 0.1) is 15.1 Å². The molecule has 3 aromatic rings. The minimum absolute atomic E-state index is 0.0781. The molecule has 0 aliphatic carbocycles. The molecule has 9 heteroatoms. The lowest BCUT2D eigenvalue weighted by Gasteiger charge is -2.03. The van der Waals surface area contributed by atoms with Crippen LogP contribution in [0.5, 0.6) is 0 Å². The van der Waals surface area contributed by atoms with Crippen LogP contribution in [-0.2, 0) is 14.6 Å². The maximum absolute atomic E-state index is 12.4. The highest BCUT2D eigenvalue weighted by Crippen LogP contribution is 2.28. The van der Waals surface area contributed by atoms with Crippen LogP contribution in [0.25, 0.3) is 10.2 Å². The third-order valence-corrected chi connectivity index (χ3v) is 5.50. The van der Waals surface area contributed by atoms with E-state index in [9.17, 15) is 18.0 Å². The molecule has 0 radical (unpaired) electrons. The molecule has 1 aromatic heterocycles. The molecule has 1 heterocycles. The van der Waals surface area contributed by atoms with Crippen LogP contribution >= 0.6 is 11.3 Å². The smallest absolute Gasteiger partial charge is 0.257 e. The summed E-state index contributed by atoms with van der Waals surface area (Å²) in [7, 11) is -3.39. The highest BCUT2D eigenvalue weighted by molar-refractivity contribution is 7.90. The van der Waals surface area contributed by atoms with Gasteiger partial charge in [0.1, 0.15) is 0 Å². The summed E-state index contributed by atoms with van der Waals surface area (Å²) in [5.41, 5.74) is 1.56. The molecular weight excluding hydrogens is 374 g/mol. The molecule has 0 saturated heterocycles. The van der Waals surface area contributed by atoms with E-state index in [0.717, 1.165) is 11.0 Å². The van der Waals surface area contributed by atoms with Crippen molar-refractivity contribution in [2.45, 2.75) is 11.8 Å². The summed E-state index contributed by atoms with van der Waals surface area (Å²) in [6, 6.07) is 11.1. The van der Waals surface area contributed by atoms with Crippen LogP contribution < -0.4 is 10.6 Å². The zero-order valence-electron chi connectivity index (χ0n) is 13.9. The van der Waals surface area contributed by atoms with Gasteiger partial charge in [-0.25, -0.2) is 13.4 Å². The summed E-state index contributed by atoms with van der Waals surface area (Å²) < 4.78 is 24.0. The van der Waals surface area contributed by atoms with E-state index >= 15 is 0 Å². The summed E-state index contributed by atoms with van der Waals surface area (Å²) in [6.45, 7) is 1.42. The van der Waals surface area contributed by atoms with Gasteiger partial charge in [-0.15, -0.1) is 0 Å². The van der Waals surface area contributed by atoms with Crippen LogP contribution in [-0.4, -0.2) is 31.5 Å². The van der Waals surface area contributed by atoms with Gasteiger partial charge in [0.15, 0.2) is 15.0 Å². The Morgan fingerprint density at radius 2 is 1.85 bits per heavy atom. The molecule has 26 heavy (non-hydrogen) atoms. The number of thiazole rings is 1. The fourth-order valence-electron chi connectivity index (χ4n) is 2.30. The van der Waals surface area contributed by atoms with Gasteiger partial charge in [0.2, 0.25) is 5.91 Å². The quantitative estimate of drug-likeness (QED) is 0.714. The minimum atomic E-state index is -3.39. The number of nitrogens with zero attached hydrogens (tertiary/aromatic N) is 1. The van der Waals surface area contributed by atoms with Crippen LogP contribution in [0.15, 0.2) is 47.4 Å². The van der Waals surface area contributed by atoms with Crippen molar-refractivity contribution >= 4 is 54.0 Å². The summed E-state index contributed by atoms with van der Waals surface area (Å²) >= 11 is 1.26. The maximum atomic E-state index is 12.4. The molecule has 0 unspecified atom stereocenters. The lowest BCUT2D eigenvalue weighted by atomic mass is 10.2. The molecular formula is C17H15N3O4S2. The zero-order chi connectivity index (χ0) is 18.9. The van der Waals surface area contributed by atoms with Crippen LogP contribution in [0.4, 0.5) is 10.8 Å². The van der Waals surface area contributed by atoms with E-state index in [1.165, 1.54) is 42.5 Å². The first kappa shape index (κ1) is 18.0. The lowest BCUT2D eigenvalue weighted by Crippen LogP contribution is -2.12. The lowest BCUT2D eigenvalue weighted by molar-refractivity contribution is -0.114. The molecule has 134 valence electrons. The summed E-state index contributed by atoms with van der Waals surface area (Å²) in [5.74, 6) is -0.621. The standard InChI is InChI=1S/C17H15N3O4S2/c1-10(21)18-12-6-7-14-15(9-12)25-17(19-14)20-16(22)11-4-3-5-13(8-11)26(2,23)24/h3-9H,1-2H3,(H,18,21)(H,19,20,22). The van der Waals surface area contributed by atoms with Crippen LogP contribution in [0.3, 0.4) is 0 Å². The van der Waals surface area contributed by atoms with E-state index in [-0.39, 0.29) is 16.4 Å². The number of sulfone groups is 1. The third kappa shape index (κ3) is 4.06. The van der Waals surface area contributed by atoms with Crippen molar-refractivity contribution in [2.75, 3.05) is 16.9 Å². The predicted molar refractivity (Wildman–Crippen MR) is 101 cm³/mol. The highest BCUT2D eigenvalue weighted by Gasteiger charge is 2.14. The number of hydrogen-bond acceptors (Lipinski definition) is 6. The molecule has 0 aliphatic heterocycles. The fraction of sp³-hybridized carbons (Fsp3) is 0.118. The summed E-state index contributed by atoms with van der Waals surface area (Å²) in [6.07, 6.45) is 1.09. The van der Waals surface area contributed by atoms with Crippen molar-refractivity contribution in [3.8, 4) is 0 Å². The van der Waals surface area contributed by atoms with Gasteiger partial charge in [0.25, 0.3) is 5.91 Å². The number of carbonyl (C=O) groups is 2. The predicted octanol–water partition coefficient (Wildman–Crippen LogP) is 2.91. The van der Waals surface area contributed by atoms with Gasteiger partial charge >= 0.3 is 0 Å². The first-order valence-electron chi connectivity index (χ1n) is 7.52. The molecule has 0 aliphatic rings. The first-order valence-corrected chi connectivity index (χ1v) is 10.2. The average Bonchev–Trinajstić information content (AvgIpc) is 2.95. The molecule has 0 bridgehead atoms. The normalized spacial score (nSPS) is 11.3. The molecule has 3 rings (SSSR count). The SMILES string of the molecule is CC(=O)Nc1ccc2nc(NC(=O)c3cccc(S(C)(=O)=O)c3)sc2c1. The number of amides is 2. The number of rotatable bonds is 4. The number of nitrogens with one attached hydrogen (secondary N) is 2. The van der Waals surface area contributed by atoms with Crippen LogP contribution in [0, 0.1) is 0 Å². The topological polar surface area (TPSA) is 105 Å². The summed E-state index contributed by atoms with van der Waals surface area (Å²) in [5, 5.41) is 5.75. The number of carbonyl (C=O) groups excluding carboxylic acids is 2. The Hall–Kier alpha value is -2.78. The fourth-order valence-corrected chi connectivity index (χ4v) is 3.86. The van der Waals surface area contributed by atoms with Gasteiger partial charge in [0, 0.05) is 24.4 Å². The second kappa shape index (κ2) is 6.85. The van der Waals surface area contributed by atoms with Crippen LogP contribution in [0.1, 0.15) is 17.3 Å². The first-order chi connectivity index (χ1) is 12.2. The Kier molecular flexibility index (Phi) is 4.75. The van der Waals surface area contributed by atoms with Crippen molar-refractivity contribution < 1.29 is 18.0 Å². The molecule has 2 amide bonds. The molecule has 0 atom stereocenters. The zero-order valence-corrected chi connectivity index (χ0v) is 15.6. The van der Waals surface area contributed by atoms with Crippen molar-refractivity contribution in [1.29, 1.82) is 0 Å². The second-order valence-electron chi connectivity index (χ2n) is 5.64. The van der Waals surface area contributed by atoms with Gasteiger partial charge in [-0.2, -0.15) is 0 Å². The number of benzene rings is 2. The van der Waals surface area contributed by atoms with Crippen LogP contribution in [0.2, 0.25) is 0 Å². The van der Waals surface area contributed by atoms with E-state index < -0.39 is 15.7 Å². The second-order valence-corrected chi connectivity index (χ2v) is 8.68. The Morgan fingerprint density at radius 3 is 2.54 bits per heavy atom. The molecule has 7 nitrogen and oxygen atoms in total. The number of hydrogen-bond donors (Lipinski definition) is 2. The monoisotopic (exact) mass is 389 g/mol. The van der Waals surface area contributed by atoms with Gasteiger partial charge in [-0.05, 0) is 36.4 Å². The van der Waals surface area contributed by atoms with E-state index in [1.54, 1.807) is 18.2 Å². The number of anilines is 2. The van der Waals surface area contributed by atoms with Gasteiger partial charge in [-0.1, -0.05) is 17.4 Å². The Balaban J connectivity index is 1.84. The molecule has 0 saturated carbocycles. The van der Waals surface area contributed by atoms with Crippen molar-refractivity contribution in [3.05, 3.63) is 48.0 Å². The van der Waals surface area contributed by atoms with E-state index in [4.69, 9.17) is 0 Å². The van der Waals surface area contributed by atoms with Crippen molar-refractivity contribution in [1.82, 2.24) is 4.98 Å². The number of fused-ring (bicyclic) bond motifs is 1. The average molecular weight is 389 g/mol. The molecule has 2 aromatic carbocycles. The van der Waals surface area contributed by atoms with Crippen molar-refractivity contribution in [3.63, 3.8) is 0 Å². The molecule has 0 spiro atoms. The maximum Gasteiger partial charge on any atom is 0.257 e. The van der Waals surface area contributed by atoms with E-state index in [2.05, 4.69) is 15.6 Å². The van der Waals surface area contributed by atoms with E-state index in [0.29, 0.717) is 16.3 Å².